The zero-order valence-corrected chi connectivity index (χ0v) is 12.0. The van der Waals surface area contributed by atoms with Crippen LogP contribution in [0, 0.1) is 6.92 Å². The maximum absolute atomic E-state index is 12.5. The average Bonchev–Trinajstić information content (AvgIpc) is 2.39. The normalized spacial score (nSPS) is 13.0. The number of hydrogen-bond donors (Lipinski definition) is 0. The van der Waals surface area contributed by atoms with Crippen molar-refractivity contribution in [1.82, 2.24) is 9.97 Å². The van der Waals surface area contributed by atoms with Crippen LogP contribution in [-0.4, -0.2) is 22.2 Å². The van der Waals surface area contributed by atoms with Crippen molar-refractivity contribution in [3.8, 4) is 17.0 Å². The number of hydrogen-bond acceptors (Lipinski definition) is 3. The van der Waals surface area contributed by atoms with Gasteiger partial charge in [0.1, 0.15) is 10.9 Å². The molecular formula is C14H12ClF3N2O. The molecule has 1 unspecified atom stereocenters. The predicted octanol–water partition coefficient (Wildman–Crippen LogP) is 4.44. The van der Waals surface area contributed by atoms with Gasteiger partial charge in [-0.15, -0.1) is 0 Å². The Balaban J connectivity index is 2.23. The van der Waals surface area contributed by atoms with Gasteiger partial charge in [-0.1, -0.05) is 11.6 Å². The molecule has 1 atom stereocenters. The van der Waals surface area contributed by atoms with Crippen LogP contribution in [0.3, 0.4) is 0 Å². The average molecular weight is 317 g/mol. The molecule has 0 fully saturated rings. The van der Waals surface area contributed by atoms with Crippen LogP contribution in [0.4, 0.5) is 13.2 Å². The minimum Gasteiger partial charge on any atom is -0.481 e. The fraction of sp³-hybridized carbons (Fsp3) is 0.286. The van der Waals surface area contributed by atoms with Gasteiger partial charge in [0, 0.05) is 5.56 Å². The summed E-state index contributed by atoms with van der Waals surface area (Å²) in [6.45, 7) is 2.73. The van der Waals surface area contributed by atoms with E-state index in [4.69, 9.17) is 16.3 Å². The summed E-state index contributed by atoms with van der Waals surface area (Å²) in [4.78, 5) is 8.05. The molecule has 0 N–H and O–H groups in total. The van der Waals surface area contributed by atoms with Crippen LogP contribution in [0.25, 0.3) is 11.3 Å². The van der Waals surface area contributed by atoms with Crippen molar-refractivity contribution in [2.45, 2.75) is 26.1 Å². The van der Waals surface area contributed by atoms with Gasteiger partial charge in [0.15, 0.2) is 6.10 Å². The molecule has 2 aromatic rings. The summed E-state index contributed by atoms with van der Waals surface area (Å²) >= 11 is 5.66. The van der Waals surface area contributed by atoms with Crippen molar-refractivity contribution in [2.24, 2.45) is 0 Å². The van der Waals surface area contributed by atoms with Crippen molar-refractivity contribution in [3.05, 3.63) is 41.3 Å². The van der Waals surface area contributed by atoms with Gasteiger partial charge >= 0.3 is 6.18 Å². The van der Waals surface area contributed by atoms with Gasteiger partial charge < -0.3 is 4.74 Å². The van der Waals surface area contributed by atoms with Crippen molar-refractivity contribution in [1.29, 1.82) is 0 Å². The Kier molecular flexibility index (Phi) is 4.37. The van der Waals surface area contributed by atoms with E-state index in [2.05, 4.69) is 9.97 Å². The van der Waals surface area contributed by atoms with Crippen LogP contribution in [-0.2, 0) is 0 Å². The monoisotopic (exact) mass is 316 g/mol. The van der Waals surface area contributed by atoms with Gasteiger partial charge in [-0.3, -0.25) is 4.98 Å². The molecule has 112 valence electrons. The highest BCUT2D eigenvalue weighted by Crippen LogP contribution is 2.29. The summed E-state index contributed by atoms with van der Waals surface area (Å²) in [5.74, 6) is 0.156. The number of ether oxygens (including phenoxy) is 1. The lowest BCUT2D eigenvalue weighted by Gasteiger charge is -2.18. The third-order valence-corrected chi connectivity index (χ3v) is 3.06. The van der Waals surface area contributed by atoms with Gasteiger partial charge in [-0.25, -0.2) is 4.98 Å². The van der Waals surface area contributed by atoms with Crippen molar-refractivity contribution in [2.75, 3.05) is 0 Å². The van der Waals surface area contributed by atoms with E-state index < -0.39 is 12.3 Å². The fourth-order valence-corrected chi connectivity index (χ4v) is 1.82. The summed E-state index contributed by atoms with van der Waals surface area (Å²) in [5.41, 5.74) is 2.08. The van der Waals surface area contributed by atoms with Gasteiger partial charge in [-0.05, 0) is 37.6 Å². The fourth-order valence-electron chi connectivity index (χ4n) is 1.72. The molecule has 7 heteroatoms. The number of halogens is 4. The highest BCUT2D eigenvalue weighted by Gasteiger charge is 2.38. The van der Waals surface area contributed by atoms with Gasteiger partial charge in [0.2, 0.25) is 0 Å². The summed E-state index contributed by atoms with van der Waals surface area (Å²) in [6.07, 6.45) is -3.34. The molecule has 1 aromatic heterocycles. The summed E-state index contributed by atoms with van der Waals surface area (Å²) < 4.78 is 42.3. The molecule has 0 aliphatic heterocycles. The number of aryl methyl sites for hydroxylation is 1. The third kappa shape index (κ3) is 3.85. The molecule has 0 spiro atoms. The molecule has 1 aromatic carbocycles. The first-order chi connectivity index (χ1) is 9.77. The van der Waals surface area contributed by atoms with Crippen LogP contribution in [0.2, 0.25) is 5.15 Å². The van der Waals surface area contributed by atoms with Crippen molar-refractivity contribution in [3.63, 3.8) is 0 Å². The zero-order valence-electron chi connectivity index (χ0n) is 11.3. The standard InChI is InChI=1S/C14H12ClF3N2O/c1-8-5-10(21-9(2)14(16,17)18)3-4-11(8)12-6-20-13(15)7-19-12/h3-7,9H,1-2H3. The summed E-state index contributed by atoms with van der Waals surface area (Å²) in [7, 11) is 0. The summed E-state index contributed by atoms with van der Waals surface area (Å²) in [6, 6.07) is 4.65. The number of nitrogens with zero attached hydrogens (tertiary/aromatic N) is 2. The second kappa shape index (κ2) is 5.89. The van der Waals surface area contributed by atoms with Crippen molar-refractivity contribution < 1.29 is 17.9 Å². The maximum Gasteiger partial charge on any atom is 0.425 e. The Bertz CT molecular complexity index is 629. The van der Waals surface area contributed by atoms with Crippen molar-refractivity contribution >= 4 is 11.6 Å². The number of rotatable bonds is 3. The maximum atomic E-state index is 12.5. The Morgan fingerprint density at radius 2 is 1.90 bits per heavy atom. The van der Waals surface area contributed by atoms with Gasteiger partial charge in [0.25, 0.3) is 0 Å². The lowest BCUT2D eigenvalue weighted by atomic mass is 10.1. The van der Waals surface area contributed by atoms with Crippen LogP contribution in [0.5, 0.6) is 5.75 Å². The molecule has 0 saturated carbocycles. The molecule has 0 aliphatic carbocycles. The smallest absolute Gasteiger partial charge is 0.425 e. The summed E-state index contributed by atoms with van der Waals surface area (Å²) in [5, 5.41) is 0.273. The van der Waals surface area contributed by atoms with Crippen LogP contribution >= 0.6 is 11.6 Å². The molecule has 0 amide bonds. The van der Waals surface area contributed by atoms with Crippen LogP contribution in [0.15, 0.2) is 30.6 Å². The number of aromatic nitrogens is 2. The SMILES string of the molecule is Cc1cc(OC(C)C(F)(F)F)ccc1-c1cnc(Cl)cn1. The molecule has 21 heavy (non-hydrogen) atoms. The highest BCUT2D eigenvalue weighted by atomic mass is 35.5. The van der Waals surface area contributed by atoms with E-state index in [0.717, 1.165) is 18.1 Å². The highest BCUT2D eigenvalue weighted by molar-refractivity contribution is 6.29. The van der Waals surface area contributed by atoms with E-state index in [-0.39, 0.29) is 10.9 Å². The van der Waals surface area contributed by atoms with E-state index in [9.17, 15) is 13.2 Å². The quantitative estimate of drug-likeness (QED) is 0.840. The van der Waals surface area contributed by atoms with Crippen LogP contribution < -0.4 is 4.74 Å². The Morgan fingerprint density at radius 3 is 2.43 bits per heavy atom. The molecule has 1 heterocycles. The lowest BCUT2D eigenvalue weighted by molar-refractivity contribution is -0.189. The van der Waals surface area contributed by atoms with E-state index >= 15 is 0 Å². The van der Waals surface area contributed by atoms with E-state index in [0.29, 0.717) is 5.69 Å². The van der Waals surface area contributed by atoms with E-state index in [1.807, 2.05) is 0 Å². The lowest BCUT2D eigenvalue weighted by Crippen LogP contribution is -2.31. The zero-order chi connectivity index (χ0) is 15.6. The Morgan fingerprint density at radius 1 is 1.19 bits per heavy atom. The predicted molar refractivity (Wildman–Crippen MR) is 73.4 cm³/mol. The largest absolute Gasteiger partial charge is 0.481 e. The second-order valence-electron chi connectivity index (χ2n) is 4.50. The topological polar surface area (TPSA) is 35.0 Å². The molecule has 0 aliphatic rings. The second-order valence-corrected chi connectivity index (χ2v) is 4.89. The molecule has 2 rings (SSSR count). The first kappa shape index (κ1) is 15.6. The minimum absolute atomic E-state index is 0.156. The van der Waals surface area contributed by atoms with E-state index in [1.54, 1.807) is 13.0 Å². The first-order valence-corrected chi connectivity index (χ1v) is 6.47. The number of benzene rings is 1. The minimum atomic E-state index is -4.39. The molecule has 0 radical (unpaired) electrons. The van der Waals surface area contributed by atoms with Gasteiger partial charge in [0.05, 0.1) is 18.1 Å². The molecular weight excluding hydrogens is 305 g/mol. The first-order valence-electron chi connectivity index (χ1n) is 6.09. The van der Waals surface area contributed by atoms with Crippen LogP contribution in [0.1, 0.15) is 12.5 Å². The molecule has 3 nitrogen and oxygen atoms in total. The molecule has 0 saturated heterocycles. The molecule has 0 bridgehead atoms. The Labute approximate surface area is 124 Å². The van der Waals surface area contributed by atoms with E-state index in [1.165, 1.54) is 24.5 Å². The van der Waals surface area contributed by atoms with Gasteiger partial charge in [-0.2, -0.15) is 13.2 Å². The number of alkyl halides is 3. The Hall–Kier alpha value is -1.82. The third-order valence-electron chi connectivity index (χ3n) is 2.87.